The van der Waals surface area contributed by atoms with Crippen molar-refractivity contribution in [3.63, 3.8) is 0 Å². The Hall–Kier alpha value is -4.56. The molecular weight excluding hydrogens is 480 g/mol. The SMILES string of the molecule is Cn1c(-c2ccc(-c3ncc[nH]3)cc2)cnc1C(Cc1ccccn1)N(C=O)c1cc2ccccc2s1. The maximum Gasteiger partial charge on any atom is 0.215 e. The number of aromatic nitrogens is 5. The molecule has 1 unspecified atom stereocenters. The number of pyridine rings is 1. The van der Waals surface area contributed by atoms with Gasteiger partial charge in [-0.1, -0.05) is 48.5 Å². The van der Waals surface area contributed by atoms with E-state index in [1.165, 1.54) is 0 Å². The van der Waals surface area contributed by atoms with Gasteiger partial charge in [0.05, 0.1) is 16.9 Å². The van der Waals surface area contributed by atoms with Gasteiger partial charge in [-0.05, 0) is 35.2 Å². The van der Waals surface area contributed by atoms with Gasteiger partial charge in [0.2, 0.25) is 6.41 Å². The standard InChI is InChI=1S/C29H24N6OS/c1-34-25(20-9-11-21(12-10-20)28-31-14-15-32-28)18-33-29(34)24(17-23-7-4-5-13-30-23)35(19-36)27-16-22-6-2-3-8-26(22)37-27/h2-16,18-19,24H,17H2,1H3,(H,31,32). The fraction of sp³-hybridized carbons (Fsp3) is 0.103. The van der Waals surface area contributed by atoms with Crippen molar-refractivity contribution in [2.24, 2.45) is 7.05 Å². The summed E-state index contributed by atoms with van der Waals surface area (Å²) in [6.45, 7) is 0. The maximum atomic E-state index is 12.6. The number of rotatable bonds is 8. The number of nitrogens with one attached hydrogen (secondary N) is 1. The number of hydrogen-bond acceptors (Lipinski definition) is 5. The Labute approximate surface area is 218 Å². The number of carbonyl (C=O) groups is 1. The normalized spacial score (nSPS) is 12.0. The van der Waals surface area contributed by atoms with Crippen molar-refractivity contribution >= 4 is 32.8 Å². The minimum Gasteiger partial charge on any atom is -0.345 e. The molecule has 0 bridgehead atoms. The minimum absolute atomic E-state index is 0.332. The van der Waals surface area contributed by atoms with E-state index in [0.717, 1.165) is 55.7 Å². The summed E-state index contributed by atoms with van der Waals surface area (Å²) in [5.74, 6) is 1.62. The average molecular weight is 505 g/mol. The second kappa shape index (κ2) is 9.83. The average Bonchev–Trinajstić information content (AvgIpc) is 3.69. The highest BCUT2D eigenvalue weighted by atomic mass is 32.1. The molecule has 1 amide bonds. The molecule has 7 nitrogen and oxygen atoms in total. The van der Waals surface area contributed by atoms with E-state index in [1.54, 1.807) is 28.6 Å². The van der Waals surface area contributed by atoms with Gasteiger partial charge in [0.15, 0.2) is 0 Å². The Bertz CT molecular complexity index is 1600. The molecule has 0 spiro atoms. The summed E-state index contributed by atoms with van der Waals surface area (Å²) in [6, 6.07) is 24.0. The Morgan fingerprint density at radius 1 is 0.973 bits per heavy atom. The highest BCUT2D eigenvalue weighted by Crippen LogP contribution is 2.37. The number of aromatic amines is 1. The highest BCUT2D eigenvalue weighted by molar-refractivity contribution is 7.23. The van der Waals surface area contributed by atoms with Gasteiger partial charge in [0.1, 0.15) is 17.7 Å². The molecule has 1 atom stereocenters. The van der Waals surface area contributed by atoms with Crippen molar-refractivity contribution in [1.29, 1.82) is 0 Å². The van der Waals surface area contributed by atoms with Crippen LogP contribution in [0.2, 0.25) is 0 Å². The zero-order chi connectivity index (χ0) is 25.2. The van der Waals surface area contributed by atoms with Crippen LogP contribution in [-0.4, -0.2) is 30.9 Å². The smallest absolute Gasteiger partial charge is 0.215 e. The van der Waals surface area contributed by atoms with Gasteiger partial charge in [-0.25, -0.2) is 9.97 Å². The van der Waals surface area contributed by atoms with Crippen LogP contribution in [-0.2, 0) is 18.3 Å². The number of hydrogen-bond donors (Lipinski definition) is 1. The molecule has 0 fully saturated rings. The summed E-state index contributed by atoms with van der Waals surface area (Å²) >= 11 is 1.60. The van der Waals surface area contributed by atoms with Crippen molar-refractivity contribution in [3.8, 4) is 22.6 Å². The number of H-pyrrole nitrogens is 1. The van der Waals surface area contributed by atoms with Crippen LogP contribution < -0.4 is 4.90 Å². The summed E-state index contributed by atoms with van der Waals surface area (Å²) in [5, 5.41) is 1.99. The molecule has 37 heavy (non-hydrogen) atoms. The maximum absolute atomic E-state index is 12.6. The first-order chi connectivity index (χ1) is 18.2. The number of thiophene rings is 1. The summed E-state index contributed by atoms with van der Waals surface area (Å²) in [7, 11) is 2.00. The number of benzene rings is 2. The van der Waals surface area contributed by atoms with Crippen molar-refractivity contribution in [3.05, 3.63) is 109 Å². The van der Waals surface area contributed by atoms with E-state index in [1.807, 2.05) is 61.9 Å². The monoisotopic (exact) mass is 504 g/mol. The molecule has 0 aliphatic rings. The topological polar surface area (TPSA) is 79.7 Å². The summed E-state index contributed by atoms with van der Waals surface area (Å²) < 4.78 is 3.21. The zero-order valence-electron chi connectivity index (χ0n) is 20.2. The van der Waals surface area contributed by atoms with Gasteiger partial charge in [-0.2, -0.15) is 0 Å². The van der Waals surface area contributed by atoms with Crippen LogP contribution in [0.4, 0.5) is 5.00 Å². The lowest BCUT2D eigenvalue weighted by molar-refractivity contribution is -0.107. The molecule has 0 radical (unpaired) electrons. The van der Waals surface area contributed by atoms with E-state index in [-0.39, 0.29) is 6.04 Å². The van der Waals surface area contributed by atoms with E-state index in [9.17, 15) is 4.79 Å². The fourth-order valence-electron chi connectivity index (χ4n) is 4.63. The van der Waals surface area contributed by atoms with E-state index >= 15 is 0 Å². The summed E-state index contributed by atoms with van der Waals surface area (Å²) in [4.78, 5) is 31.2. The first-order valence-electron chi connectivity index (χ1n) is 11.9. The molecule has 6 rings (SSSR count). The lowest BCUT2D eigenvalue weighted by Gasteiger charge is -2.27. The number of anilines is 1. The molecule has 4 heterocycles. The number of fused-ring (bicyclic) bond motifs is 1. The molecule has 1 N–H and O–H groups in total. The zero-order valence-corrected chi connectivity index (χ0v) is 21.0. The third-order valence-electron chi connectivity index (χ3n) is 6.52. The number of amides is 1. The lowest BCUT2D eigenvalue weighted by Crippen LogP contribution is -2.30. The molecule has 0 saturated heterocycles. The van der Waals surface area contributed by atoms with Crippen LogP contribution in [0.5, 0.6) is 0 Å². The van der Waals surface area contributed by atoms with Gasteiger partial charge >= 0.3 is 0 Å². The van der Waals surface area contributed by atoms with E-state index in [4.69, 9.17) is 4.98 Å². The predicted molar refractivity (Wildman–Crippen MR) is 147 cm³/mol. The summed E-state index contributed by atoms with van der Waals surface area (Å²) in [6.07, 6.45) is 8.65. The van der Waals surface area contributed by atoms with Crippen LogP contribution in [0.1, 0.15) is 17.6 Å². The molecule has 0 aliphatic heterocycles. The van der Waals surface area contributed by atoms with E-state index < -0.39 is 0 Å². The number of carbonyl (C=O) groups excluding carboxylic acids is 1. The van der Waals surface area contributed by atoms with Crippen LogP contribution >= 0.6 is 11.3 Å². The van der Waals surface area contributed by atoms with Crippen molar-refractivity contribution < 1.29 is 4.79 Å². The van der Waals surface area contributed by atoms with Gasteiger partial charge in [0, 0.05) is 48.0 Å². The Morgan fingerprint density at radius 2 is 1.78 bits per heavy atom. The highest BCUT2D eigenvalue weighted by Gasteiger charge is 2.28. The van der Waals surface area contributed by atoms with Crippen LogP contribution in [0.3, 0.4) is 0 Å². The van der Waals surface area contributed by atoms with Crippen molar-refractivity contribution in [1.82, 2.24) is 24.5 Å². The van der Waals surface area contributed by atoms with Crippen molar-refractivity contribution in [2.45, 2.75) is 12.5 Å². The Balaban J connectivity index is 1.39. The second-order valence-corrected chi connectivity index (χ2v) is 9.81. The fourth-order valence-corrected chi connectivity index (χ4v) is 5.71. The number of imidazole rings is 2. The molecule has 4 aromatic heterocycles. The molecular formula is C29H24N6OS. The van der Waals surface area contributed by atoms with Gasteiger partial charge < -0.3 is 9.55 Å². The molecule has 0 saturated carbocycles. The van der Waals surface area contributed by atoms with Crippen LogP contribution in [0, 0.1) is 0 Å². The predicted octanol–water partition coefficient (Wildman–Crippen LogP) is 6.03. The van der Waals surface area contributed by atoms with Crippen LogP contribution in [0.25, 0.3) is 32.7 Å². The largest absolute Gasteiger partial charge is 0.345 e. The second-order valence-electron chi connectivity index (χ2n) is 8.75. The van der Waals surface area contributed by atoms with Crippen LogP contribution in [0.15, 0.2) is 97.6 Å². The first kappa shape index (κ1) is 22.9. The minimum atomic E-state index is -0.332. The van der Waals surface area contributed by atoms with Gasteiger partial charge in [-0.15, -0.1) is 11.3 Å². The van der Waals surface area contributed by atoms with Crippen molar-refractivity contribution in [2.75, 3.05) is 4.90 Å². The van der Waals surface area contributed by atoms with Gasteiger partial charge in [-0.3, -0.25) is 14.7 Å². The molecule has 2 aromatic carbocycles. The Morgan fingerprint density at radius 3 is 2.51 bits per heavy atom. The third kappa shape index (κ3) is 4.43. The Kier molecular flexibility index (Phi) is 6.08. The molecule has 6 aromatic rings. The molecule has 8 heteroatoms. The number of nitrogens with zero attached hydrogens (tertiary/aromatic N) is 5. The first-order valence-corrected chi connectivity index (χ1v) is 12.8. The molecule has 0 aliphatic carbocycles. The quantitative estimate of drug-likeness (QED) is 0.257. The third-order valence-corrected chi connectivity index (χ3v) is 7.65. The van der Waals surface area contributed by atoms with E-state index in [2.05, 4.69) is 49.9 Å². The summed E-state index contributed by atoms with van der Waals surface area (Å²) in [5.41, 5.74) is 3.91. The molecule has 182 valence electrons. The van der Waals surface area contributed by atoms with Gasteiger partial charge in [0.25, 0.3) is 0 Å². The lowest BCUT2D eigenvalue weighted by atomic mass is 10.1. The van der Waals surface area contributed by atoms with E-state index in [0.29, 0.717) is 6.42 Å².